The minimum absolute atomic E-state index is 0.0298. The number of allylic oxidation sites excluding steroid dienone is 4. The molecule has 3 heterocycles. The lowest BCUT2D eigenvalue weighted by molar-refractivity contribution is 0.333. The second kappa shape index (κ2) is 6.90. The molecule has 34 heavy (non-hydrogen) atoms. The van der Waals surface area contributed by atoms with Gasteiger partial charge in [0.15, 0.2) is 11.4 Å². The third-order valence-corrected chi connectivity index (χ3v) is 7.87. The predicted molar refractivity (Wildman–Crippen MR) is 132 cm³/mol. The van der Waals surface area contributed by atoms with Crippen LogP contribution in [0.3, 0.4) is 0 Å². The van der Waals surface area contributed by atoms with Crippen LogP contribution in [0.2, 0.25) is 0 Å². The van der Waals surface area contributed by atoms with Crippen molar-refractivity contribution in [2.24, 2.45) is 10.9 Å². The number of hydrogen-bond donors (Lipinski definition) is 0. The van der Waals surface area contributed by atoms with Gasteiger partial charge in [0.2, 0.25) is 6.34 Å². The topological polar surface area (TPSA) is 63.2 Å². The Kier molecular flexibility index (Phi) is 3.92. The lowest BCUT2D eigenvalue weighted by Gasteiger charge is -2.32. The Hall–Kier alpha value is -4.19. The van der Waals surface area contributed by atoms with E-state index in [9.17, 15) is 10.5 Å². The van der Waals surface area contributed by atoms with Crippen LogP contribution in [0.5, 0.6) is 0 Å². The number of para-hydroxylation sites is 1. The summed E-state index contributed by atoms with van der Waals surface area (Å²) in [4.78, 5) is 7.13. The zero-order chi connectivity index (χ0) is 22.9. The van der Waals surface area contributed by atoms with E-state index in [-0.39, 0.29) is 10.5 Å². The molecule has 0 saturated carbocycles. The molecule has 0 amide bonds. The average molecular weight is 441 g/mol. The maximum absolute atomic E-state index is 10.6. The maximum atomic E-state index is 10.6. The summed E-state index contributed by atoms with van der Waals surface area (Å²) in [6.07, 6.45) is 14.2. The summed E-state index contributed by atoms with van der Waals surface area (Å²) >= 11 is 0. The third-order valence-electron chi connectivity index (χ3n) is 7.87. The van der Waals surface area contributed by atoms with E-state index in [2.05, 4.69) is 65.7 Å². The number of aliphatic imine (C=N–C) groups is 1. The highest BCUT2D eigenvalue weighted by atomic mass is 15.4. The van der Waals surface area contributed by atoms with Gasteiger partial charge in [0.1, 0.15) is 24.3 Å². The molecule has 7 rings (SSSR count). The zero-order valence-electron chi connectivity index (χ0n) is 18.6. The van der Waals surface area contributed by atoms with Crippen LogP contribution in [-0.4, -0.2) is 23.9 Å². The van der Waals surface area contributed by atoms with Gasteiger partial charge in [0, 0.05) is 11.3 Å². The summed E-state index contributed by atoms with van der Waals surface area (Å²) in [6.45, 7) is 0.517. The molecule has 3 atom stereocenters. The lowest BCUT2D eigenvalue weighted by Crippen LogP contribution is -2.47. The summed E-state index contributed by atoms with van der Waals surface area (Å²) < 4.78 is -0.128. The van der Waals surface area contributed by atoms with E-state index in [0.717, 1.165) is 41.8 Å². The van der Waals surface area contributed by atoms with Gasteiger partial charge < -0.3 is 4.90 Å². The number of rotatable bonds is 2. The maximum Gasteiger partial charge on any atom is 0.326 e. The van der Waals surface area contributed by atoms with Crippen LogP contribution in [0.15, 0.2) is 94.3 Å². The van der Waals surface area contributed by atoms with Crippen molar-refractivity contribution in [3.8, 4) is 12.3 Å². The van der Waals surface area contributed by atoms with Crippen LogP contribution >= 0.6 is 0 Å². The van der Waals surface area contributed by atoms with E-state index < -0.39 is 0 Å². The smallest absolute Gasteiger partial charge is 0.326 e. The molecule has 5 heteroatoms. The van der Waals surface area contributed by atoms with Crippen molar-refractivity contribution >= 4 is 17.6 Å². The highest BCUT2D eigenvalue weighted by molar-refractivity contribution is 6.03. The molecule has 0 N–H and O–H groups in total. The van der Waals surface area contributed by atoms with Gasteiger partial charge in [-0.2, -0.15) is 5.26 Å². The minimum Gasteiger partial charge on any atom is -0.335 e. The first-order valence-electron chi connectivity index (χ1n) is 11.8. The molecule has 0 fully saturated rings. The molecular weight excluding hydrogens is 418 g/mol. The van der Waals surface area contributed by atoms with E-state index >= 15 is 0 Å². The van der Waals surface area contributed by atoms with Crippen LogP contribution < -0.4 is 4.48 Å². The summed E-state index contributed by atoms with van der Waals surface area (Å²) in [7, 11) is 0. The normalized spacial score (nSPS) is 27.5. The van der Waals surface area contributed by atoms with Crippen LogP contribution in [0, 0.1) is 28.7 Å². The van der Waals surface area contributed by atoms with E-state index in [4.69, 9.17) is 4.99 Å². The lowest BCUT2D eigenvalue weighted by atomic mass is 9.82. The van der Waals surface area contributed by atoms with E-state index in [1.54, 1.807) is 12.4 Å². The summed E-state index contributed by atoms with van der Waals surface area (Å²) in [5.74, 6) is 0.561. The largest absolute Gasteiger partial charge is 0.335 e. The highest BCUT2D eigenvalue weighted by Gasteiger charge is 2.57. The van der Waals surface area contributed by atoms with Gasteiger partial charge in [-0.05, 0) is 60.1 Å². The quantitative estimate of drug-likeness (QED) is 0.479. The molecule has 5 nitrogen and oxygen atoms in total. The summed E-state index contributed by atoms with van der Waals surface area (Å²) in [5.41, 5.74) is 9.65. The van der Waals surface area contributed by atoms with Gasteiger partial charge >= 0.3 is 6.19 Å². The Morgan fingerprint density at radius 3 is 2.76 bits per heavy atom. The molecule has 0 bridgehead atoms. The summed E-state index contributed by atoms with van der Waals surface area (Å²) in [5, 5.41) is 20.4. The molecule has 2 aromatic carbocycles. The monoisotopic (exact) mass is 440 g/mol. The second-order valence-corrected chi connectivity index (χ2v) is 9.60. The van der Waals surface area contributed by atoms with Crippen molar-refractivity contribution in [3.05, 3.63) is 106 Å². The van der Waals surface area contributed by atoms with Gasteiger partial charge in [-0.3, -0.25) is 0 Å². The molecule has 0 saturated heterocycles. The molecule has 3 aliphatic heterocycles. The predicted octanol–water partition coefficient (Wildman–Crippen LogP) is 5.16. The fourth-order valence-corrected chi connectivity index (χ4v) is 6.52. The van der Waals surface area contributed by atoms with Crippen molar-refractivity contribution in [1.82, 2.24) is 9.38 Å². The molecular formula is C29H22N5+. The van der Waals surface area contributed by atoms with Gasteiger partial charge in [0.05, 0.1) is 5.56 Å². The van der Waals surface area contributed by atoms with Crippen LogP contribution in [0.25, 0.3) is 5.57 Å². The fraction of sp³-hybridized carbons (Fsp3) is 0.207. The average Bonchev–Trinajstić information content (AvgIpc) is 3.27. The third kappa shape index (κ3) is 2.37. The molecule has 0 radical (unpaired) electrons. The Morgan fingerprint density at radius 2 is 1.94 bits per heavy atom. The molecule has 0 spiro atoms. The van der Waals surface area contributed by atoms with Crippen molar-refractivity contribution < 1.29 is 0 Å². The van der Waals surface area contributed by atoms with Crippen LogP contribution in [0.4, 0.5) is 5.69 Å². The molecule has 2 aromatic rings. The molecule has 3 unspecified atom stereocenters. The summed E-state index contributed by atoms with van der Waals surface area (Å²) in [6, 6.07) is 18.8. The van der Waals surface area contributed by atoms with Gasteiger partial charge in [0.25, 0.3) is 0 Å². The van der Waals surface area contributed by atoms with Crippen molar-refractivity contribution in [1.29, 1.82) is 10.5 Å². The van der Waals surface area contributed by atoms with E-state index in [1.807, 2.05) is 12.1 Å². The van der Waals surface area contributed by atoms with E-state index in [1.165, 1.54) is 22.4 Å². The first kappa shape index (κ1) is 19.3. The second-order valence-electron chi connectivity index (χ2n) is 9.60. The Morgan fingerprint density at radius 1 is 1.06 bits per heavy atom. The van der Waals surface area contributed by atoms with Gasteiger partial charge in [-0.1, -0.05) is 48.6 Å². The first-order valence-corrected chi connectivity index (χ1v) is 11.8. The fourth-order valence-electron chi connectivity index (χ4n) is 6.52. The van der Waals surface area contributed by atoms with Crippen molar-refractivity contribution in [3.63, 3.8) is 0 Å². The molecule has 2 aliphatic carbocycles. The van der Waals surface area contributed by atoms with Crippen molar-refractivity contribution in [2.45, 2.75) is 25.3 Å². The number of nitrogens with zero attached hydrogens (tertiary/aromatic N) is 5. The number of quaternary nitrogens is 1. The van der Waals surface area contributed by atoms with Crippen LogP contribution in [-0.2, 0) is 6.42 Å². The molecule has 5 aliphatic rings. The first-order chi connectivity index (χ1) is 16.7. The highest BCUT2D eigenvalue weighted by Crippen LogP contribution is 2.56. The minimum atomic E-state index is -0.128. The van der Waals surface area contributed by atoms with Crippen molar-refractivity contribution in [2.75, 3.05) is 6.67 Å². The Balaban J connectivity index is 1.37. The van der Waals surface area contributed by atoms with E-state index in [0.29, 0.717) is 18.2 Å². The van der Waals surface area contributed by atoms with Gasteiger partial charge in [-0.15, -0.1) is 9.74 Å². The number of fused-ring (bicyclic) bond motifs is 5. The SMILES string of the molecule is N#Cc1cccc2c1[N+]1(C#N)C=NCN3C4=CCC(Cc5ccccc5)CC4=C4C=CC2=C1C43. The molecule has 0 aromatic heterocycles. The molecule has 162 valence electrons. The number of nitriles is 2. The van der Waals surface area contributed by atoms with Gasteiger partial charge in [-0.25, -0.2) is 4.99 Å². The number of benzene rings is 2. The Bertz CT molecular complexity index is 1490. The number of hydrogen-bond acceptors (Lipinski definition) is 4. The zero-order valence-corrected chi connectivity index (χ0v) is 18.6. The standard InChI is InChI=1S/C29H22N5/c30-15-21-7-4-8-23-24-11-10-22-25-14-20(13-19-5-2-1-3-6-19)9-12-26(25)33-17-32-18-34(16-31,28(21)23)29(24)27(22)33/h1-8,10-12,18,20,27H,9,13-14,17H2/q+1. The Labute approximate surface area is 198 Å². The van der Waals surface area contributed by atoms with Crippen LogP contribution in [0.1, 0.15) is 29.5 Å².